The van der Waals surface area contributed by atoms with Crippen molar-refractivity contribution in [2.24, 2.45) is 0 Å². The van der Waals surface area contributed by atoms with Gasteiger partial charge in [0.1, 0.15) is 29.0 Å². The molecule has 0 spiro atoms. The Morgan fingerprint density at radius 1 is 1.00 bits per heavy atom. The second-order valence-corrected chi connectivity index (χ2v) is 6.10. The van der Waals surface area contributed by atoms with Gasteiger partial charge in [0, 0.05) is 4.88 Å². The molecule has 0 aliphatic heterocycles. The van der Waals surface area contributed by atoms with E-state index in [9.17, 15) is 10.5 Å². The van der Waals surface area contributed by atoms with Crippen molar-refractivity contribution in [1.29, 1.82) is 10.5 Å². The minimum atomic E-state index is -0.986. The first-order chi connectivity index (χ1) is 12.6. The van der Waals surface area contributed by atoms with E-state index in [1.165, 1.54) is 18.4 Å². The molecule has 26 heavy (non-hydrogen) atoms. The third-order valence-electron chi connectivity index (χ3n) is 3.74. The molecule has 0 aliphatic rings. The first kappa shape index (κ1) is 17.4. The average molecular weight is 367 g/mol. The zero-order valence-corrected chi connectivity index (χ0v) is 14.3. The number of ether oxygens (including phenoxy) is 1. The zero-order valence-electron chi connectivity index (χ0n) is 13.5. The van der Waals surface area contributed by atoms with Crippen LogP contribution in [-0.4, -0.2) is 7.11 Å². The smallest absolute Gasteiger partial charge is 0.166 e. The maximum atomic E-state index is 15.0. The monoisotopic (exact) mass is 367 g/mol. The number of methoxy groups -OCH3 is 1. The summed E-state index contributed by atoms with van der Waals surface area (Å²) in [5.74, 6) is -1.50. The summed E-state index contributed by atoms with van der Waals surface area (Å²) in [6.45, 7) is 0. The van der Waals surface area contributed by atoms with Crippen LogP contribution in [-0.2, 0) is 0 Å². The van der Waals surface area contributed by atoms with Crippen LogP contribution in [0.15, 0.2) is 41.8 Å². The molecule has 0 unspecified atom stereocenters. The normalized spacial score (nSPS) is 10.0. The largest absolute Gasteiger partial charge is 0.495 e. The lowest BCUT2D eigenvalue weighted by atomic mass is 9.99. The van der Waals surface area contributed by atoms with Gasteiger partial charge in [-0.25, -0.2) is 8.78 Å². The molecular weight excluding hydrogens is 356 g/mol. The number of para-hydroxylation sites is 2. The van der Waals surface area contributed by atoms with E-state index in [4.69, 9.17) is 4.74 Å². The predicted octanol–water partition coefficient (Wildman–Crippen LogP) is 5.19. The molecule has 1 N–H and O–H groups in total. The summed E-state index contributed by atoms with van der Waals surface area (Å²) in [7, 11) is 1.46. The molecule has 0 saturated heterocycles. The fraction of sp³-hybridized carbons (Fsp3) is 0.0526. The zero-order chi connectivity index (χ0) is 18.7. The molecule has 0 aliphatic carbocycles. The van der Waals surface area contributed by atoms with Crippen LogP contribution in [0.4, 0.5) is 20.2 Å². The number of hydrogen-bond donors (Lipinski definition) is 1. The molecular formula is C19H11F2N3OS. The maximum Gasteiger partial charge on any atom is 0.166 e. The number of hydrogen-bond acceptors (Lipinski definition) is 5. The van der Waals surface area contributed by atoms with E-state index in [0.717, 1.165) is 0 Å². The van der Waals surface area contributed by atoms with Gasteiger partial charge in [0.2, 0.25) is 0 Å². The van der Waals surface area contributed by atoms with E-state index in [0.29, 0.717) is 16.3 Å². The highest BCUT2D eigenvalue weighted by atomic mass is 32.1. The fourth-order valence-corrected chi connectivity index (χ4v) is 3.32. The van der Waals surface area contributed by atoms with Crippen molar-refractivity contribution in [3.05, 3.63) is 64.5 Å². The van der Waals surface area contributed by atoms with Crippen LogP contribution < -0.4 is 10.1 Å². The Balaban J connectivity index is 2.32. The molecule has 0 bridgehead atoms. The molecule has 3 aromatic rings. The Hall–Kier alpha value is -3.42. The summed E-state index contributed by atoms with van der Waals surface area (Å²) in [5, 5.41) is 22.9. The van der Waals surface area contributed by atoms with Gasteiger partial charge in [-0.2, -0.15) is 10.5 Å². The number of benzene rings is 2. The molecule has 128 valence electrons. The van der Waals surface area contributed by atoms with E-state index < -0.39 is 22.8 Å². The highest BCUT2D eigenvalue weighted by Crippen LogP contribution is 2.41. The summed E-state index contributed by atoms with van der Waals surface area (Å²) < 4.78 is 35.3. The Labute approximate surface area is 152 Å². The SMILES string of the molecule is COc1ccccc1Nc1c(F)c(C#N)c(C#N)c(F)c1-c1cccs1. The number of thiophene rings is 1. The molecule has 0 atom stereocenters. The van der Waals surface area contributed by atoms with Gasteiger partial charge in [-0.1, -0.05) is 18.2 Å². The van der Waals surface area contributed by atoms with Crippen molar-refractivity contribution in [2.75, 3.05) is 12.4 Å². The molecule has 3 rings (SSSR count). The number of nitriles is 2. The van der Waals surface area contributed by atoms with Crippen LogP contribution in [0.3, 0.4) is 0 Å². The van der Waals surface area contributed by atoms with E-state index in [1.54, 1.807) is 53.9 Å². The fourth-order valence-electron chi connectivity index (χ4n) is 2.55. The van der Waals surface area contributed by atoms with Gasteiger partial charge < -0.3 is 10.1 Å². The summed E-state index contributed by atoms with van der Waals surface area (Å²) in [5.41, 5.74) is -1.16. The summed E-state index contributed by atoms with van der Waals surface area (Å²) >= 11 is 1.20. The van der Waals surface area contributed by atoms with Gasteiger partial charge in [0.15, 0.2) is 11.6 Å². The number of rotatable bonds is 4. The predicted molar refractivity (Wildman–Crippen MR) is 95.4 cm³/mol. The van der Waals surface area contributed by atoms with Crippen molar-refractivity contribution in [3.8, 4) is 28.3 Å². The minimum absolute atomic E-state index is 0.0982. The first-order valence-corrected chi connectivity index (χ1v) is 8.29. The van der Waals surface area contributed by atoms with E-state index in [1.807, 2.05) is 0 Å². The third-order valence-corrected chi connectivity index (χ3v) is 4.62. The van der Waals surface area contributed by atoms with Gasteiger partial charge in [-0.3, -0.25) is 0 Å². The standard InChI is InChI=1S/C19H11F2N3OS/c1-25-14-6-3-2-5-13(14)24-19-16(15-7-4-8-26-15)17(20)11(9-22)12(10-23)18(19)21/h2-8,24H,1H3. The summed E-state index contributed by atoms with van der Waals surface area (Å²) in [4.78, 5) is 0.430. The van der Waals surface area contributed by atoms with E-state index >= 15 is 8.78 Å². The molecule has 0 fully saturated rings. The molecule has 0 amide bonds. The molecule has 2 aromatic carbocycles. The highest BCUT2D eigenvalue weighted by molar-refractivity contribution is 7.13. The summed E-state index contributed by atoms with van der Waals surface area (Å²) in [6.07, 6.45) is 0. The van der Waals surface area contributed by atoms with Crippen LogP contribution >= 0.6 is 11.3 Å². The topological polar surface area (TPSA) is 68.8 Å². The number of anilines is 2. The van der Waals surface area contributed by atoms with Crippen molar-refractivity contribution >= 4 is 22.7 Å². The lowest BCUT2D eigenvalue weighted by Gasteiger charge is -2.17. The Bertz CT molecular complexity index is 1050. The van der Waals surface area contributed by atoms with Gasteiger partial charge in [0.25, 0.3) is 0 Å². The number of halogens is 2. The number of nitrogens with one attached hydrogen (secondary N) is 1. The molecule has 4 nitrogen and oxygen atoms in total. The van der Waals surface area contributed by atoms with Crippen molar-refractivity contribution in [3.63, 3.8) is 0 Å². The highest BCUT2D eigenvalue weighted by Gasteiger charge is 2.26. The van der Waals surface area contributed by atoms with Crippen LogP contribution in [0, 0.1) is 34.3 Å². The van der Waals surface area contributed by atoms with Gasteiger partial charge in [0.05, 0.1) is 24.0 Å². The molecule has 7 heteroatoms. The van der Waals surface area contributed by atoms with Crippen LogP contribution in [0.5, 0.6) is 5.75 Å². The Morgan fingerprint density at radius 2 is 1.69 bits per heavy atom. The third kappa shape index (κ3) is 2.85. The Kier molecular flexibility index (Phi) is 4.83. The number of nitrogens with zero attached hydrogens (tertiary/aromatic N) is 2. The van der Waals surface area contributed by atoms with E-state index in [-0.39, 0.29) is 11.3 Å². The molecule has 1 aromatic heterocycles. The Morgan fingerprint density at radius 3 is 2.31 bits per heavy atom. The van der Waals surface area contributed by atoms with Crippen molar-refractivity contribution in [1.82, 2.24) is 0 Å². The van der Waals surface area contributed by atoms with Crippen LogP contribution in [0.25, 0.3) is 10.4 Å². The molecule has 1 heterocycles. The van der Waals surface area contributed by atoms with Crippen molar-refractivity contribution in [2.45, 2.75) is 0 Å². The van der Waals surface area contributed by atoms with Crippen molar-refractivity contribution < 1.29 is 13.5 Å². The van der Waals surface area contributed by atoms with Gasteiger partial charge >= 0.3 is 0 Å². The second kappa shape index (κ2) is 7.22. The van der Waals surface area contributed by atoms with Gasteiger partial charge in [-0.15, -0.1) is 11.3 Å². The average Bonchev–Trinajstić information content (AvgIpc) is 3.18. The lowest BCUT2D eigenvalue weighted by Crippen LogP contribution is -2.06. The second-order valence-electron chi connectivity index (χ2n) is 5.15. The lowest BCUT2D eigenvalue weighted by molar-refractivity contribution is 0.417. The first-order valence-electron chi connectivity index (χ1n) is 7.41. The summed E-state index contributed by atoms with van der Waals surface area (Å²) in [6, 6.07) is 13.2. The molecule has 0 radical (unpaired) electrons. The van der Waals surface area contributed by atoms with Crippen LogP contribution in [0.1, 0.15) is 11.1 Å². The van der Waals surface area contributed by atoms with E-state index in [2.05, 4.69) is 5.32 Å². The van der Waals surface area contributed by atoms with Gasteiger partial charge in [-0.05, 0) is 23.6 Å². The quantitative estimate of drug-likeness (QED) is 0.689. The van der Waals surface area contributed by atoms with Crippen LogP contribution in [0.2, 0.25) is 0 Å². The minimum Gasteiger partial charge on any atom is -0.495 e. The molecule has 0 saturated carbocycles. The maximum absolute atomic E-state index is 15.0.